The normalized spacial score (nSPS) is 28.6. The van der Waals surface area contributed by atoms with Crippen LogP contribution in [0, 0.1) is 5.92 Å². The van der Waals surface area contributed by atoms with Gasteiger partial charge < -0.3 is 5.32 Å². The summed E-state index contributed by atoms with van der Waals surface area (Å²) in [5.41, 5.74) is 1.44. The van der Waals surface area contributed by atoms with Gasteiger partial charge in [0.1, 0.15) is 0 Å². The van der Waals surface area contributed by atoms with E-state index in [1.54, 1.807) is 0 Å². The minimum Gasteiger partial charge on any atom is -0.305 e. The van der Waals surface area contributed by atoms with Crippen molar-refractivity contribution in [2.24, 2.45) is 5.92 Å². The lowest BCUT2D eigenvalue weighted by Gasteiger charge is -2.35. The SMILES string of the molecule is CC(C)C(NC1CCN2CCCCC12)c1ccccc1. The molecule has 0 amide bonds. The van der Waals surface area contributed by atoms with Gasteiger partial charge in [-0.05, 0) is 37.3 Å². The summed E-state index contributed by atoms with van der Waals surface area (Å²) >= 11 is 0. The third-order valence-corrected chi connectivity index (χ3v) is 5.08. The second-order valence-corrected chi connectivity index (χ2v) is 6.79. The molecule has 0 radical (unpaired) electrons. The summed E-state index contributed by atoms with van der Waals surface area (Å²) in [6.07, 6.45) is 5.52. The van der Waals surface area contributed by atoms with Gasteiger partial charge in [0.25, 0.3) is 0 Å². The van der Waals surface area contributed by atoms with Gasteiger partial charge in [-0.3, -0.25) is 4.90 Å². The van der Waals surface area contributed by atoms with Crippen LogP contribution in [0.3, 0.4) is 0 Å². The lowest BCUT2D eigenvalue weighted by Crippen LogP contribution is -2.46. The molecular formula is C18H28N2. The number of hydrogen-bond donors (Lipinski definition) is 1. The molecule has 2 aliphatic rings. The number of rotatable bonds is 4. The van der Waals surface area contributed by atoms with Crippen LogP contribution in [0.25, 0.3) is 0 Å². The molecule has 1 N–H and O–H groups in total. The van der Waals surface area contributed by atoms with Crippen molar-refractivity contribution in [3.8, 4) is 0 Å². The zero-order valence-corrected chi connectivity index (χ0v) is 12.9. The van der Waals surface area contributed by atoms with Gasteiger partial charge >= 0.3 is 0 Å². The molecular weight excluding hydrogens is 244 g/mol. The predicted molar refractivity (Wildman–Crippen MR) is 84.8 cm³/mol. The molecule has 2 aliphatic heterocycles. The molecule has 0 aromatic heterocycles. The smallest absolute Gasteiger partial charge is 0.0346 e. The molecule has 0 bridgehead atoms. The summed E-state index contributed by atoms with van der Waals surface area (Å²) in [4.78, 5) is 2.71. The summed E-state index contributed by atoms with van der Waals surface area (Å²) in [7, 11) is 0. The van der Waals surface area contributed by atoms with Crippen LogP contribution in [-0.4, -0.2) is 30.1 Å². The molecule has 3 rings (SSSR count). The summed E-state index contributed by atoms with van der Waals surface area (Å²) < 4.78 is 0. The van der Waals surface area contributed by atoms with Gasteiger partial charge in [-0.2, -0.15) is 0 Å². The summed E-state index contributed by atoms with van der Waals surface area (Å²) in [5.74, 6) is 0.634. The Morgan fingerprint density at radius 2 is 1.85 bits per heavy atom. The van der Waals surface area contributed by atoms with E-state index in [2.05, 4.69) is 54.4 Å². The van der Waals surface area contributed by atoms with Crippen LogP contribution in [0.4, 0.5) is 0 Å². The number of piperidine rings is 1. The van der Waals surface area contributed by atoms with E-state index in [9.17, 15) is 0 Å². The summed E-state index contributed by atoms with van der Waals surface area (Å²) in [5, 5.41) is 3.99. The lowest BCUT2D eigenvalue weighted by atomic mass is 9.92. The first kappa shape index (κ1) is 14.1. The molecule has 110 valence electrons. The molecule has 2 saturated heterocycles. The van der Waals surface area contributed by atoms with Crippen molar-refractivity contribution in [1.82, 2.24) is 10.2 Å². The Balaban J connectivity index is 1.71. The second kappa shape index (κ2) is 6.28. The Kier molecular flexibility index (Phi) is 4.42. The topological polar surface area (TPSA) is 15.3 Å². The molecule has 2 heteroatoms. The van der Waals surface area contributed by atoms with Gasteiger partial charge in [0.15, 0.2) is 0 Å². The first-order valence-corrected chi connectivity index (χ1v) is 8.31. The van der Waals surface area contributed by atoms with Crippen LogP contribution in [-0.2, 0) is 0 Å². The third kappa shape index (κ3) is 2.91. The fourth-order valence-electron chi connectivity index (χ4n) is 4.01. The molecule has 2 nitrogen and oxygen atoms in total. The van der Waals surface area contributed by atoms with E-state index in [0.29, 0.717) is 18.0 Å². The van der Waals surface area contributed by atoms with E-state index >= 15 is 0 Å². The van der Waals surface area contributed by atoms with E-state index in [0.717, 1.165) is 6.04 Å². The highest BCUT2D eigenvalue weighted by atomic mass is 15.2. The van der Waals surface area contributed by atoms with Crippen molar-refractivity contribution in [3.05, 3.63) is 35.9 Å². The standard InChI is InChI=1S/C18H28N2/c1-14(2)18(15-8-4-3-5-9-15)19-16-11-13-20-12-7-6-10-17(16)20/h3-5,8-9,14,16-19H,6-7,10-13H2,1-2H3. The summed E-state index contributed by atoms with van der Waals surface area (Å²) in [6.45, 7) is 7.28. The highest BCUT2D eigenvalue weighted by molar-refractivity contribution is 5.20. The maximum absolute atomic E-state index is 3.99. The van der Waals surface area contributed by atoms with Crippen LogP contribution >= 0.6 is 0 Å². The van der Waals surface area contributed by atoms with Crippen molar-refractivity contribution in [3.63, 3.8) is 0 Å². The van der Waals surface area contributed by atoms with Crippen molar-refractivity contribution >= 4 is 0 Å². The Morgan fingerprint density at radius 1 is 1.05 bits per heavy atom. The molecule has 1 aromatic carbocycles. The molecule has 2 fully saturated rings. The summed E-state index contributed by atoms with van der Waals surface area (Å²) in [6, 6.07) is 12.9. The van der Waals surface area contributed by atoms with E-state index in [-0.39, 0.29) is 0 Å². The first-order valence-electron chi connectivity index (χ1n) is 8.31. The largest absolute Gasteiger partial charge is 0.305 e. The fraction of sp³-hybridized carbons (Fsp3) is 0.667. The van der Waals surface area contributed by atoms with Gasteiger partial charge in [-0.15, -0.1) is 0 Å². The molecule has 3 unspecified atom stereocenters. The number of fused-ring (bicyclic) bond motifs is 1. The van der Waals surface area contributed by atoms with Gasteiger partial charge in [-0.1, -0.05) is 50.6 Å². The molecule has 0 spiro atoms. The van der Waals surface area contributed by atoms with E-state index < -0.39 is 0 Å². The Labute approximate surface area is 123 Å². The average Bonchev–Trinajstić information content (AvgIpc) is 2.88. The van der Waals surface area contributed by atoms with E-state index in [1.807, 2.05) is 0 Å². The maximum atomic E-state index is 3.99. The molecule has 0 aliphatic carbocycles. The van der Waals surface area contributed by atoms with Crippen molar-refractivity contribution < 1.29 is 0 Å². The minimum atomic E-state index is 0.489. The average molecular weight is 272 g/mol. The highest BCUT2D eigenvalue weighted by Crippen LogP contribution is 2.30. The molecule has 3 atom stereocenters. The van der Waals surface area contributed by atoms with E-state index in [4.69, 9.17) is 0 Å². The predicted octanol–water partition coefficient (Wildman–Crippen LogP) is 3.60. The van der Waals surface area contributed by atoms with E-state index in [1.165, 1.54) is 44.3 Å². The molecule has 0 saturated carbocycles. The monoisotopic (exact) mass is 272 g/mol. The third-order valence-electron chi connectivity index (χ3n) is 5.08. The first-order chi connectivity index (χ1) is 9.75. The van der Waals surface area contributed by atoms with Crippen LogP contribution < -0.4 is 5.32 Å². The lowest BCUT2D eigenvalue weighted by molar-refractivity contribution is 0.172. The van der Waals surface area contributed by atoms with Crippen molar-refractivity contribution in [1.29, 1.82) is 0 Å². The Hall–Kier alpha value is -0.860. The number of nitrogens with zero attached hydrogens (tertiary/aromatic N) is 1. The van der Waals surface area contributed by atoms with Crippen molar-refractivity contribution in [2.75, 3.05) is 13.1 Å². The number of hydrogen-bond acceptors (Lipinski definition) is 2. The van der Waals surface area contributed by atoms with Crippen LogP contribution in [0.15, 0.2) is 30.3 Å². The number of nitrogens with one attached hydrogen (secondary N) is 1. The van der Waals surface area contributed by atoms with Gasteiger partial charge in [0.2, 0.25) is 0 Å². The zero-order valence-electron chi connectivity index (χ0n) is 12.9. The zero-order chi connectivity index (χ0) is 13.9. The Morgan fingerprint density at radius 3 is 2.60 bits per heavy atom. The van der Waals surface area contributed by atoms with Crippen molar-refractivity contribution in [2.45, 2.75) is 57.7 Å². The van der Waals surface area contributed by atoms with Gasteiger partial charge in [-0.25, -0.2) is 0 Å². The molecule has 2 heterocycles. The quantitative estimate of drug-likeness (QED) is 0.901. The fourth-order valence-corrected chi connectivity index (χ4v) is 4.01. The van der Waals surface area contributed by atoms with Gasteiger partial charge in [0, 0.05) is 24.7 Å². The second-order valence-electron chi connectivity index (χ2n) is 6.79. The maximum Gasteiger partial charge on any atom is 0.0346 e. The van der Waals surface area contributed by atoms with Gasteiger partial charge in [0.05, 0.1) is 0 Å². The minimum absolute atomic E-state index is 0.489. The number of benzene rings is 1. The van der Waals surface area contributed by atoms with Crippen LogP contribution in [0.1, 0.15) is 51.1 Å². The highest BCUT2D eigenvalue weighted by Gasteiger charge is 2.36. The Bertz CT molecular complexity index is 415. The van der Waals surface area contributed by atoms with Crippen LogP contribution in [0.5, 0.6) is 0 Å². The molecule has 1 aromatic rings. The molecule has 20 heavy (non-hydrogen) atoms. The van der Waals surface area contributed by atoms with Crippen LogP contribution in [0.2, 0.25) is 0 Å².